The minimum absolute atomic E-state index is 0.0508. The van der Waals surface area contributed by atoms with Crippen LogP contribution in [0.5, 0.6) is 0 Å². The number of ether oxygens (including phenoxy) is 1. The summed E-state index contributed by atoms with van der Waals surface area (Å²) in [6, 6.07) is -1.29. The lowest BCUT2D eigenvalue weighted by atomic mass is 9.44. The predicted octanol–water partition coefficient (Wildman–Crippen LogP) is 5.35. The molecule has 4 aliphatic rings. The third-order valence-corrected chi connectivity index (χ3v) is 12.7. The summed E-state index contributed by atoms with van der Waals surface area (Å²) < 4.78 is 6.19. The van der Waals surface area contributed by atoms with E-state index in [1.54, 1.807) is 0 Å². The van der Waals surface area contributed by atoms with Crippen LogP contribution in [0.1, 0.15) is 112 Å². The highest BCUT2D eigenvalue weighted by Crippen LogP contribution is 2.67. The van der Waals surface area contributed by atoms with E-state index in [1.165, 1.54) is 32.1 Å². The van der Waals surface area contributed by atoms with E-state index < -0.39 is 12.1 Å². The average molecular weight is 574 g/mol. The number of Topliss-reactive ketones (excluding diaryl/α,β-unsaturated/α-hetero) is 1. The second-order valence-electron chi connectivity index (χ2n) is 15.2. The quantitative estimate of drug-likeness (QED) is 0.323. The molecule has 4 aliphatic carbocycles. The number of esters is 1. The standard InChI is InChI=1S/C34H59N3O4/c1-8-21(2)30(35)31(39)36-29(10-9-19-37(6)7)32(40)41-24-15-17-33(4)23(20-24)11-12-25-27-14-13-26(22(3)38)34(27,5)18-16-28(25)33/h21,23-30H,8-20,35H2,1-7H3,(H,36,39)/t21?,23-,24+,25-,26+,27-,28-,29-,30-,33-,34+/m0/s1. The van der Waals surface area contributed by atoms with Crippen LogP contribution >= 0.6 is 0 Å². The first-order chi connectivity index (χ1) is 19.3. The molecule has 234 valence electrons. The van der Waals surface area contributed by atoms with Gasteiger partial charge in [-0.2, -0.15) is 0 Å². The summed E-state index contributed by atoms with van der Waals surface area (Å²) in [6.07, 6.45) is 12.1. The largest absolute Gasteiger partial charge is 0.461 e. The Hall–Kier alpha value is -1.47. The Morgan fingerprint density at radius 2 is 1.68 bits per heavy atom. The van der Waals surface area contributed by atoms with Crippen LogP contribution in [0.4, 0.5) is 0 Å². The summed E-state index contributed by atoms with van der Waals surface area (Å²) in [5.41, 5.74) is 6.66. The maximum absolute atomic E-state index is 13.5. The molecule has 3 N–H and O–H groups in total. The lowest BCUT2D eigenvalue weighted by Crippen LogP contribution is -2.55. The summed E-state index contributed by atoms with van der Waals surface area (Å²) in [6.45, 7) is 11.6. The van der Waals surface area contributed by atoms with Crippen LogP contribution in [0, 0.1) is 46.3 Å². The van der Waals surface area contributed by atoms with Crippen molar-refractivity contribution in [2.45, 2.75) is 130 Å². The maximum atomic E-state index is 13.5. The summed E-state index contributed by atoms with van der Waals surface area (Å²) in [5, 5.41) is 2.95. The van der Waals surface area contributed by atoms with E-state index in [0.29, 0.717) is 30.0 Å². The van der Waals surface area contributed by atoms with Gasteiger partial charge in [0, 0.05) is 5.92 Å². The number of rotatable bonds is 11. The summed E-state index contributed by atoms with van der Waals surface area (Å²) in [4.78, 5) is 40.9. The number of nitrogens with two attached hydrogens (primary N) is 1. The second kappa shape index (κ2) is 13.0. The first-order valence-electron chi connectivity index (χ1n) is 16.7. The van der Waals surface area contributed by atoms with E-state index in [0.717, 1.165) is 51.0 Å². The van der Waals surface area contributed by atoms with Crippen LogP contribution in [0.15, 0.2) is 0 Å². The number of nitrogens with one attached hydrogen (secondary N) is 1. The fourth-order valence-electron chi connectivity index (χ4n) is 9.88. The molecule has 4 saturated carbocycles. The van der Waals surface area contributed by atoms with Crippen molar-refractivity contribution < 1.29 is 19.1 Å². The second-order valence-corrected chi connectivity index (χ2v) is 15.2. The first kappa shape index (κ1) is 32.4. The Bertz CT molecular complexity index is 954. The van der Waals surface area contributed by atoms with E-state index in [9.17, 15) is 14.4 Å². The van der Waals surface area contributed by atoms with Crippen molar-refractivity contribution in [2.24, 2.45) is 52.1 Å². The monoisotopic (exact) mass is 573 g/mol. The van der Waals surface area contributed by atoms with Gasteiger partial charge in [-0.3, -0.25) is 9.59 Å². The van der Waals surface area contributed by atoms with Gasteiger partial charge in [0.25, 0.3) is 0 Å². The Labute approximate surface area is 249 Å². The minimum Gasteiger partial charge on any atom is -0.461 e. The van der Waals surface area contributed by atoms with Crippen LogP contribution < -0.4 is 11.1 Å². The molecule has 11 atom stereocenters. The van der Waals surface area contributed by atoms with Crippen molar-refractivity contribution in [3.05, 3.63) is 0 Å². The number of carbonyl (C=O) groups excluding carboxylic acids is 3. The van der Waals surface area contributed by atoms with Gasteiger partial charge >= 0.3 is 5.97 Å². The number of fused-ring (bicyclic) bond motifs is 5. The van der Waals surface area contributed by atoms with Crippen molar-refractivity contribution in [1.29, 1.82) is 0 Å². The Morgan fingerprint density at radius 3 is 2.34 bits per heavy atom. The zero-order valence-corrected chi connectivity index (χ0v) is 27.0. The van der Waals surface area contributed by atoms with Gasteiger partial charge in [0.1, 0.15) is 17.9 Å². The van der Waals surface area contributed by atoms with Crippen molar-refractivity contribution in [2.75, 3.05) is 20.6 Å². The predicted molar refractivity (Wildman–Crippen MR) is 163 cm³/mol. The molecule has 0 aromatic carbocycles. The van der Waals surface area contributed by atoms with Crippen molar-refractivity contribution in [1.82, 2.24) is 10.2 Å². The molecule has 1 amide bonds. The molecule has 4 fully saturated rings. The zero-order valence-electron chi connectivity index (χ0n) is 27.0. The highest BCUT2D eigenvalue weighted by Gasteiger charge is 2.61. The molecule has 7 nitrogen and oxygen atoms in total. The van der Waals surface area contributed by atoms with Gasteiger partial charge in [0.15, 0.2) is 0 Å². The van der Waals surface area contributed by atoms with E-state index in [1.807, 2.05) is 34.9 Å². The molecule has 0 aliphatic heterocycles. The molecule has 0 aromatic rings. The van der Waals surface area contributed by atoms with Gasteiger partial charge in [0.2, 0.25) is 5.91 Å². The van der Waals surface area contributed by atoms with Crippen LogP contribution in [0.25, 0.3) is 0 Å². The van der Waals surface area contributed by atoms with Crippen LogP contribution in [-0.2, 0) is 19.1 Å². The Kier molecular flexibility index (Phi) is 10.3. The molecule has 0 aromatic heterocycles. The van der Waals surface area contributed by atoms with E-state index in [4.69, 9.17) is 10.5 Å². The molecule has 0 radical (unpaired) electrons. The number of hydrogen-bond acceptors (Lipinski definition) is 6. The highest BCUT2D eigenvalue weighted by atomic mass is 16.5. The van der Waals surface area contributed by atoms with Gasteiger partial charge in [-0.25, -0.2) is 4.79 Å². The van der Waals surface area contributed by atoms with Crippen molar-refractivity contribution >= 4 is 17.7 Å². The molecular formula is C34H59N3O4. The molecule has 41 heavy (non-hydrogen) atoms. The summed E-state index contributed by atoms with van der Waals surface area (Å²) in [5.74, 6) is 2.81. The van der Waals surface area contributed by atoms with E-state index >= 15 is 0 Å². The van der Waals surface area contributed by atoms with Gasteiger partial charge in [-0.15, -0.1) is 0 Å². The summed E-state index contributed by atoms with van der Waals surface area (Å²) >= 11 is 0. The van der Waals surface area contributed by atoms with Gasteiger partial charge < -0.3 is 20.7 Å². The molecule has 0 bridgehead atoms. The molecule has 4 rings (SSSR count). The van der Waals surface area contributed by atoms with Crippen LogP contribution in [-0.4, -0.2) is 61.4 Å². The molecule has 1 unspecified atom stereocenters. The van der Waals surface area contributed by atoms with E-state index in [2.05, 4.69) is 24.1 Å². The Morgan fingerprint density at radius 1 is 1.00 bits per heavy atom. The summed E-state index contributed by atoms with van der Waals surface area (Å²) in [7, 11) is 4.03. The molecule has 0 heterocycles. The van der Waals surface area contributed by atoms with Gasteiger partial charge in [-0.05, 0) is 139 Å². The lowest BCUT2D eigenvalue weighted by molar-refractivity contribution is -0.166. The smallest absolute Gasteiger partial charge is 0.328 e. The normalized spacial score (nSPS) is 38.7. The lowest BCUT2D eigenvalue weighted by Gasteiger charge is -2.61. The number of nitrogens with zero attached hydrogens (tertiary/aromatic N) is 1. The number of ketones is 1. The third kappa shape index (κ3) is 6.56. The fourth-order valence-corrected chi connectivity index (χ4v) is 9.88. The maximum Gasteiger partial charge on any atom is 0.328 e. The zero-order chi connectivity index (χ0) is 30.1. The number of hydrogen-bond donors (Lipinski definition) is 2. The molecule has 0 spiro atoms. The Balaban J connectivity index is 1.39. The molecule has 0 saturated heterocycles. The van der Waals surface area contributed by atoms with Gasteiger partial charge in [0.05, 0.1) is 6.04 Å². The fraction of sp³-hybridized carbons (Fsp3) is 0.912. The first-order valence-corrected chi connectivity index (χ1v) is 16.7. The van der Waals surface area contributed by atoms with Crippen molar-refractivity contribution in [3.8, 4) is 0 Å². The van der Waals surface area contributed by atoms with Gasteiger partial charge in [-0.1, -0.05) is 34.1 Å². The third-order valence-electron chi connectivity index (χ3n) is 12.7. The molecule has 7 heteroatoms. The minimum atomic E-state index is -0.658. The highest BCUT2D eigenvalue weighted by molar-refractivity contribution is 5.87. The number of amides is 1. The van der Waals surface area contributed by atoms with E-state index in [-0.39, 0.29) is 40.6 Å². The van der Waals surface area contributed by atoms with Crippen LogP contribution in [0.3, 0.4) is 0 Å². The molecular weight excluding hydrogens is 514 g/mol. The number of carbonyl (C=O) groups is 3. The SMILES string of the molecule is CCC(C)[C@H](N)C(=O)N[C@@H](CCCN(C)C)C(=O)O[C@@H]1CC[C@@]2(C)[C@@H](CC[C@@H]3[C@@H]2CC[C@]2(C)[C@@H](C(C)=O)CC[C@@H]32)C1. The average Bonchev–Trinajstić information content (AvgIpc) is 3.29. The topological polar surface area (TPSA) is 102 Å². The van der Waals surface area contributed by atoms with Crippen molar-refractivity contribution in [3.63, 3.8) is 0 Å². The van der Waals surface area contributed by atoms with Crippen LogP contribution in [0.2, 0.25) is 0 Å².